The summed E-state index contributed by atoms with van der Waals surface area (Å²) in [5.41, 5.74) is 0.734. The number of carbonyl (C=O) groups is 3. The highest BCUT2D eigenvalue weighted by Gasteiger charge is 2.54. The first-order valence-electron chi connectivity index (χ1n) is 11.4. The molecule has 0 spiro atoms. The molecule has 0 radical (unpaired) electrons. The highest BCUT2D eigenvalue weighted by molar-refractivity contribution is 6.11. The smallest absolute Gasteiger partial charge is 0.326 e. The van der Waals surface area contributed by atoms with Crippen molar-refractivity contribution in [3.8, 4) is 11.5 Å². The van der Waals surface area contributed by atoms with Crippen LogP contribution >= 0.6 is 0 Å². The van der Waals surface area contributed by atoms with E-state index < -0.39 is 17.5 Å². The molecule has 0 unspecified atom stereocenters. The molecule has 3 aromatic carbocycles. The molecule has 8 heteroatoms. The van der Waals surface area contributed by atoms with Crippen LogP contribution in [0.1, 0.15) is 23.6 Å². The van der Waals surface area contributed by atoms with Gasteiger partial charge in [-0.2, -0.15) is 0 Å². The molecule has 0 bridgehead atoms. The molecular weight excluding hydrogens is 446 g/mol. The summed E-state index contributed by atoms with van der Waals surface area (Å²) in [6, 6.07) is 23.1. The van der Waals surface area contributed by atoms with E-state index in [1.165, 1.54) is 0 Å². The van der Waals surface area contributed by atoms with Crippen molar-refractivity contribution in [1.82, 2.24) is 15.1 Å². The van der Waals surface area contributed by atoms with Crippen LogP contribution in [0.3, 0.4) is 0 Å². The van der Waals surface area contributed by atoms with Gasteiger partial charge in [0, 0.05) is 13.1 Å². The minimum atomic E-state index is -1.39. The van der Waals surface area contributed by atoms with E-state index in [1.54, 1.807) is 29.2 Å². The maximum absolute atomic E-state index is 13.8. The minimum Gasteiger partial charge on any atom is -0.454 e. The minimum absolute atomic E-state index is 0.173. The van der Waals surface area contributed by atoms with Crippen molar-refractivity contribution in [3.63, 3.8) is 0 Å². The molecule has 5 rings (SSSR count). The van der Waals surface area contributed by atoms with Gasteiger partial charge >= 0.3 is 6.03 Å². The van der Waals surface area contributed by atoms with Gasteiger partial charge in [-0.3, -0.25) is 14.5 Å². The molecule has 3 aromatic rings. The lowest BCUT2D eigenvalue weighted by Gasteiger charge is -2.28. The monoisotopic (exact) mass is 471 g/mol. The van der Waals surface area contributed by atoms with Crippen LogP contribution in [0.5, 0.6) is 11.5 Å². The zero-order chi connectivity index (χ0) is 24.4. The van der Waals surface area contributed by atoms with Crippen molar-refractivity contribution in [3.05, 3.63) is 95.6 Å². The van der Waals surface area contributed by atoms with Gasteiger partial charge in [-0.05, 0) is 35.7 Å². The van der Waals surface area contributed by atoms with Gasteiger partial charge in [0.1, 0.15) is 6.54 Å². The predicted octanol–water partition coefficient (Wildman–Crippen LogP) is 3.26. The zero-order valence-electron chi connectivity index (χ0n) is 19.3. The molecule has 2 aliphatic heterocycles. The van der Waals surface area contributed by atoms with E-state index >= 15 is 0 Å². The predicted molar refractivity (Wildman–Crippen MR) is 128 cm³/mol. The normalized spacial score (nSPS) is 15.7. The van der Waals surface area contributed by atoms with Gasteiger partial charge in [-0.25, -0.2) is 4.79 Å². The van der Waals surface area contributed by atoms with Crippen LogP contribution < -0.4 is 14.8 Å². The fourth-order valence-corrected chi connectivity index (χ4v) is 4.53. The maximum Gasteiger partial charge on any atom is 0.326 e. The number of ether oxygens (including phenoxy) is 2. The number of imide groups is 1. The molecule has 1 saturated heterocycles. The van der Waals surface area contributed by atoms with E-state index in [0.29, 0.717) is 35.7 Å². The molecular formula is C27H25N3O5. The van der Waals surface area contributed by atoms with Gasteiger partial charge in [0.25, 0.3) is 5.91 Å². The Bertz CT molecular complexity index is 1220. The fraction of sp³-hybridized carbons (Fsp3) is 0.222. The lowest BCUT2D eigenvalue weighted by Crippen LogP contribution is -2.46. The van der Waals surface area contributed by atoms with Gasteiger partial charge in [0.15, 0.2) is 17.0 Å². The van der Waals surface area contributed by atoms with Crippen LogP contribution in [0.25, 0.3) is 0 Å². The number of urea groups is 1. The Morgan fingerprint density at radius 2 is 1.57 bits per heavy atom. The van der Waals surface area contributed by atoms with E-state index in [2.05, 4.69) is 5.32 Å². The molecule has 0 atom stereocenters. The van der Waals surface area contributed by atoms with Crippen LogP contribution in [0.4, 0.5) is 4.79 Å². The van der Waals surface area contributed by atoms with Crippen molar-refractivity contribution in [1.29, 1.82) is 0 Å². The summed E-state index contributed by atoms with van der Waals surface area (Å²) < 4.78 is 10.8. The Morgan fingerprint density at radius 3 is 2.20 bits per heavy atom. The first-order chi connectivity index (χ1) is 17.0. The summed E-state index contributed by atoms with van der Waals surface area (Å²) in [4.78, 5) is 42.7. The molecule has 1 fully saturated rings. The number of carbonyl (C=O) groups excluding carboxylic acids is 3. The van der Waals surface area contributed by atoms with Crippen LogP contribution in [0.2, 0.25) is 0 Å². The lowest BCUT2D eigenvalue weighted by atomic mass is 9.82. The molecule has 0 aliphatic carbocycles. The second-order valence-corrected chi connectivity index (χ2v) is 8.40. The molecule has 2 aliphatic rings. The third-order valence-corrected chi connectivity index (χ3v) is 6.36. The van der Waals surface area contributed by atoms with Crippen LogP contribution in [0, 0.1) is 0 Å². The average Bonchev–Trinajstić information content (AvgIpc) is 3.46. The number of nitrogens with zero attached hydrogens (tertiary/aromatic N) is 2. The van der Waals surface area contributed by atoms with Crippen molar-refractivity contribution in [2.45, 2.75) is 19.0 Å². The molecule has 35 heavy (non-hydrogen) atoms. The summed E-state index contributed by atoms with van der Waals surface area (Å²) in [5, 5.41) is 2.88. The fourth-order valence-electron chi connectivity index (χ4n) is 4.53. The first-order valence-corrected chi connectivity index (χ1v) is 11.4. The lowest BCUT2D eigenvalue weighted by molar-refractivity contribution is -0.138. The quantitative estimate of drug-likeness (QED) is 0.535. The van der Waals surface area contributed by atoms with Gasteiger partial charge in [0.05, 0.1) is 0 Å². The maximum atomic E-state index is 13.8. The number of hydrogen-bond acceptors (Lipinski definition) is 5. The average molecular weight is 472 g/mol. The Hall–Kier alpha value is -4.33. The Kier molecular flexibility index (Phi) is 5.86. The SMILES string of the molecule is CCN(Cc1ccc2c(c1)OCO2)C(=O)CN1C(=O)NC(c2ccccc2)(c2ccccc2)C1=O. The second kappa shape index (κ2) is 9.13. The number of benzene rings is 3. The number of hydrogen-bond donors (Lipinski definition) is 1. The number of likely N-dealkylation sites (N-methyl/N-ethyl adjacent to an activating group) is 1. The molecule has 0 aromatic heterocycles. The standard InChI is InChI=1S/C27H25N3O5/c1-2-29(16-19-13-14-22-23(15-19)35-18-34-22)24(31)17-30-25(32)27(28-26(30)33,20-9-5-3-6-10-20)21-11-7-4-8-12-21/h3-15H,2,16-18H2,1H3,(H,28,33). The van der Waals surface area contributed by atoms with Crippen molar-refractivity contribution in [2.24, 2.45) is 0 Å². The van der Waals surface area contributed by atoms with Crippen molar-refractivity contribution >= 4 is 17.8 Å². The summed E-state index contributed by atoms with van der Waals surface area (Å²) in [7, 11) is 0. The summed E-state index contributed by atoms with van der Waals surface area (Å²) in [6.45, 7) is 2.41. The third kappa shape index (κ3) is 3.97. The van der Waals surface area contributed by atoms with Crippen LogP contribution in [-0.2, 0) is 21.7 Å². The topological polar surface area (TPSA) is 88.2 Å². The Labute approximate surface area is 203 Å². The van der Waals surface area contributed by atoms with E-state index in [4.69, 9.17) is 9.47 Å². The van der Waals surface area contributed by atoms with Gasteiger partial charge < -0.3 is 19.7 Å². The largest absolute Gasteiger partial charge is 0.454 e. The van der Waals surface area contributed by atoms with Gasteiger partial charge in [-0.15, -0.1) is 0 Å². The number of nitrogens with one attached hydrogen (secondary N) is 1. The molecule has 1 N–H and O–H groups in total. The summed E-state index contributed by atoms with van der Waals surface area (Å²) >= 11 is 0. The Balaban J connectivity index is 1.39. The Morgan fingerprint density at radius 1 is 0.943 bits per heavy atom. The highest BCUT2D eigenvalue weighted by atomic mass is 16.7. The van der Waals surface area contributed by atoms with Gasteiger partial charge in [0.2, 0.25) is 12.7 Å². The number of amides is 4. The molecule has 178 valence electrons. The first kappa shape index (κ1) is 22.5. The molecule has 0 saturated carbocycles. The third-order valence-electron chi connectivity index (χ3n) is 6.36. The second-order valence-electron chi connectivity index (χ2n) is 8.40. The summed E-state index contributed by atoms with van der Waals surface area (Å²) in [6.07, 6.45) is 0. The van der Waals surface area contributed by atoms with Crippen LogP contribution in [-0.4, -0.2) is 47.5 Å². The zero-order valence-corrected chi connectivity index (χ0v) is 19.3. The molecule has 8 nitrogen and oxygen atoms in total. The van der Waals surface area contributed by atoms with E-state index in [0.717, 1.165) is 10.5 Å². The van der Waals surface area contributed by atoms with Crippen molar-refractivity contribution in [2.75, 3.05) is 19.9 Å². The number of fused-ring (bicyclic) bond motifs is 1. The van der Waals surface area contributed by atoms with E-state index in [9.17, 15) is 14.4 Å². The molecule has 2 heterocycles. The van der Waals surface area contributed by atoms with Crippen LogP contribution in [0.15, 0.2) is 78.9 Å². The van der Waals surface area contributed by atoms with E-state index in [-0.39, 0.29) is 19.2 Å². The highest BCUT2D eigenvalue weighted by Crippen LogP contribution is 2.36. The van der Waals surface area contributed by atoms with E-state index in [1.807, 2.05) is 61.5 Å². The van der Waals surface area contributed by atoms with Gasteiger partial charge in [-0.1, -0.05) is 66.7 Å². The number of rotatable bonds is 7. The molecule has 4 amide bonds. The van der Waals surface area contributed by atoms with Crippen molar-refractivity contribution < 1.29 is 23.9 Å². The summed E-state index contributed by atoms with van der Waals surface area (Å²) in [5.74, 6) is 0.495.